The van der Waals surface area contributed by atoms with Gasteiger partial charge < -0.3 is 10.6 Å². The third-order valence-electron chi connectivity index (χ3n) is 2.73. The molecule has 0 heterocycles. The minimum absolute atomic E-state index is 0.124. The Kier molecular flexibility index (Phi) is 5.13. The van der Waals surface area contributed by atoms with E-state index < -0.39 is 10.0 Å². The lowest BCUT2D eigenvalue weighted by atomic mass is 10.2. The van der Waals surface area contributed by atoms with Crippen LogP contribution in [0.4, 0.5) is 5.69 Å². The van der Waals surface area contributed by atoms with Gasteiger partial charge >= 0.3 is 0 Å². The zero-order valence-electron chi connectivity index (χ0n) is 10.8. The molecule has 18 heavy (non-hydrogen) atoms. The Morgan fingerprint density at radius 1 is 1.33 bits per heavy atom. The first kappa shape index (κ1) is 14.9. The summed E-state index contributed by atoms with van der Waals surface area (Å²) < 4.78 is 23.1. The first-order chi connectivity index (χ1) is 8.38. The van der Waals surface area contributed by atoms with Crippen molar-refractivity contribution in [3.8, 4) is 0 Å². The third kappa shape index (κ3) is 3.69. The molecule has 0 aliphatic rings. The Bertz CT molecular complexity index is 486. The maximum atomic E-state index is 11.6. The molecule has 0 spiro atoms. The Hall–Kier alpha value is -1.11. The van der Waals surface area contributed by atoms with Gasteiger partial charge in [0.05, 0.1) is 11.9 Å². The van der Waals surface area contributed by atoms with Crippen LogP contribution in [0.15, 0.2) is 29.2 Å². The summed E-state index contributed by atoms with van der Waals surface area (Å²) in [5, 5.41) is 5.23. The predicted octanol–water partition coefficient (Wildman–Crippen LogP) is 1.25. The smallest absolute Gasteiger partial charge is 0.240 e. The molecule has 0 aliphatic heterocycles. The van der Waals surface area contributed by atoms with Gasteiger partial charge in [-0.05, 0) is 25.5 Å². The van der Waals surface area contributed by atoms with Gasteiger partial charge in [0.1, 0.15) is 4.90 Å². The molecule has 102 valence electrons. The van der Waals surface area contributed by atoms with Crippen LogP contribution < -0.4 is 15.8 Å². The number of unbranched alkanes of at least 4 members (excludes halogenated alkanes) is 1. The molecule has 4 N–H and O–H groups in total. The van der Waals surface area contributed by atoms with Crippen LogP contribution in [0.3, 0.4) is 0 Å². The summed E-state index contributed by atoms with van der Waals surface area (Å²) in [5.74, 6) is 0. The van der Waals surface area contributed by atoms with Crippen LogP contribution in [-0.2, 0) is 10.0 Å². The van der Waals surface area contributed by atoms with Crippen molar-refractivity contribution in [2.75, 3.05) is 11.4 Å². The van der Waals surface area contributed by atoms with Gasteiger partial charge in [-0.25, -0.2) is 13.6 Å². The fourth-order valence-electron chi connectivity index (χ4n) is 1.81. The number of sulfonamides is 1. The van der Waals surface area contributed by atoms with Gasteiger partial charge in [0.2, 0.25) is 10.0 Å². The number of anilines is 1. The molecule has 0 saturated heterocycles. The molecule has 6 heteroatoms. The summed E-state index contributed by atoms with van der Waals surface area (Å²) in [6.45, 7) is 4.61. The largest absolute Gasteiger partial charge is 0.355 e. The summed E-state index contributed by atoms with van der Waals surface area (Å²) in [6, 6.07) is 6.68. The van der Waals surface area contributed by atoms with E-state index in [1.54, 1.807) is 18.2 Å². The van der Waals surface area contributed by atoms with Crippen LogP contribution in [0.2, 0.25) is 0 Å². The highest BCUT2D eigenvalue weighted by atomic mass is 32.2. The molecular weight excluding hydrogens is 250 g/mol. The number of para-hydroxylation sites is 1. The van der Waals surface area contributed by atoms with Crippen molar-refractivity contribution in [3.05, 3.63) is 24.3 Å². The number of hydrogen-bond donors (Lipinski definition) is 2. The van der Waals surface area contributed by atoms with E-state index in [2.05, 4.69) is 6.92 Å². The van der Waals surface area contributed by atoms with Gasteiger partial charge in [-0.2, -0.15) is 0 Å². The first-order valence-corrected chi connectivity index (χ1v) is 7.56. The van der Waals surface area contributed by atoms with Gasteiger partial charge in [-0.1, -0.05) is 25.5 Å². The first-order valence-electron chi connectivity index (χ1n) is 6.02. The molecule has 0 bridgehead atoms. The van der Waals surface area contributed by atoms with Crippen LogP contribution in [0.5, 0.6) is 0 Å². The van der Waals surface area contributed by atoms with Crippen molar-refractivity contribution < 1.29 is 8.42 Å². The minimum Gasteiger partial charge on any atom is -0.355 e. The van der Waals surface area contributed by atoms with E-state index in [4.69, 9.17) is 10.9 Å². The third-order valence-corrected chi connectivity index (χ3v) is 3.68. The van der Waals surface area contributed by atoms with Crippen LogP contribution in [-0.4, -0.2) is 21.1 Å². The highest BCUT2D eigenvalue weighted by molar-refractivity contribution is 7.89. The highest BCUT2D eigenvalue weighted by Gasteiger charge is 2.19. The standard InChI is InChI=1S/C12H21N3O2S/c1-3-4-9-15(10(2)13)11-7-5-6-8-12(11)18(14,16)17/h5-8,10H,3-4,9,13H2,1-2H3,(H2,14,16,17). The normalized spacial score (nSPS) is 13.3. The van der Waals surface area contributed by atoms with E-state index in [-0.39, 0.29) is 11.1 Å². The maximum absolute atomic E-state index is 11.6. The molecule has 0 fully saturated rings. The van der Waals surface area contributed by atoms with Gasteiger partial charge in [0.15, 0.2) is 0 Å². The molecular formula is C12H21N3O2S. The molecule has 0 saturated carbocycles. The molecule has 1 aromatic rings. The Balaban J connectivity index is 3.20. The molecule has 0 aromatic heterocycles. The Labute approximate surface area is 109 Å². The monoisotopic (exact) mass is 271 g/mol. The minimum atomic E-state index is -3.73. The van der Waals surface area contributed by atoms with Gasteiger partial charge in [0, 0.05) is 6.54 Å². The van der Waals surface area contributed by atoms with E-state index in [0.717, 1.165) is 12.8 Å². The van der Waals surface area contributed by atoms with Crippen molar-refractivity contribution in [1.82, 2.24) is 0 Å². The van der Waals surface area contributed by atoms with E-state index in [9.17, 15) is 8.42 Å². The lowest BCUT2D eigenvalue weighted by molar-refractivity contribution is 0.593. The second kappa shape index (κ2) is 6.17. The van der Waals surface area contributed by atoms with Gasteiger partial charge in [-0.3, -0.25) is 0 Å². The van der Waals surface area contributed by atoms with E-state index in [0.29, 0.717) is 12.2 Å². The van der Waals surface area contributed by atoms with Crippen molar-refractivity contribution >= 4 is 15.7 Å². The van der Waals surface area contributed by atoms with E-state index in [1.807, 2.05) is 11.8 Å². The summed E-state index contributed by atoms with van der Waals surface area (Å²) in [4.78, 5) is 1.99. The quantitative estimate of drug-likeness (QED) is 0.762. The van der Waals surface area contributed by atoms with Crippen molar-refractivity contribution in [2.45, 2.75) is 37.8 Å². The summed E-state index contributed by atoms with van der Waals surface area (Å²) >= 11 is 0. The second-order valence-corrected chi connectivity index (χ2v) is 5.83. The number of primary sulfonamides is 1. The SMILES string of the molecule is CCCCN(c1ccccc1S(N)(=O)=O)C(C)N. The lowest BCUT2D eigenvalue weighted by Crippen LogP contribution is -2.41. The van der Waals surface area contributed by atoms with Crippen molar-refractivity contribution in [1.29, 1.82) is 0 Å². The summed E-state index contributed by atoms with van der Waals surface area (Å²) in [6.07, 6.45) is 1.70. The predicted molar refractivity (Wildman–Crippen MR) is 73.7 cm³/mol. The molecule has 5 nitrogen and oxygen atoms in total. The Morgan fingerprint density at radius 3 is 2.44 bits per heavy atom. The molecule has 1 rings (SSSR count). The van der Waals surface area contributed by atoms with Crippen LogP contribution in [0, 0.1) is 0 Å². The maximum Gasteiger partial charge on any atom is 0.240 e. The average Bonchev–Trinajstić information content (AvgIpc) is 2.28. The molecule has 0 amide bonds. The van der Waals surface area contributed by atoms with Crippen LogP contribution >= 0.6 is 0 Å². The molecule has 1 atom stereocenters. The molecule has 0 aliphatic carbocycles. The zero-order valence-corrected chi connectivity index (χ0v) is 11.7. The number of benzene rings is 1. The van der Waals surface area contributed by atoms with Gasteiger partial charge in [0.25, 0.3) is 0 Å². The molecule has 1 unspecified atom stereocenters. The highest BCUT2D eigenvalue weighted by Crippen LogP contribution is 2.25. The second-order valence-electron chi connectivity index (χ2n) is 4.30. The van der Waals surface area contributed by atoms with Crippen molar-refractivity contribution in [3.63, 3.8) is 0 Å². The molecule has 0 radical (unpaired) electrons. The number of nitrogens with zero attached hydrogens (tertiary/aromatic N) is 1. The lowest BCUT2D eigenvalue weighted by Gasteiger charge is -2.30. The van der Waals surface area contributed by atoms with Crippen LogP contribution in [0.25, 0.3) is 0 Å². The number of hydrogen-bond acceptors (Lipinski definition) is 4. The number of nitrogens with two attached hydrogens (primary N) is 2. The van der Waals surface area contributed by atoms with E-state index >= 15 is 0 Å². The van der Waals surface area contributed by atoms with Crippen molar-refractivity contribution in [2.24, 2.45) is 10.9 Å². The van der Waals surface area contributed by atoms with Gasteiger partial charge in [-0.15, -0.1) is 0 Å². The van der Waals surface area contributed by atoms with E-state index in [1.165, 1.54) is 6.07 Å². The molecule has 1 aromatic carbocycles. The fourth-order valence-corrected chi connectivity index (χ4v) is 2.55. The summed E-state index contributed by atoms with van der Waals surface area (Å²) in [5.41, 5.74) is 6.48. The summed E-state index contributed by atoms with van der Waals surface area (Å²) in [7, 11) is -3.73. The topological polar surface area (TPSA) is 89.4 Å². The number of rotatable bonds is 6. The Morgan fingerprint density at radius 2 is 1.94 bits per heavy atom. The fraction of sp³-hybridized carbons (Fsp3) is 0.500. The van der Waals surface area contributed by atoms with Crippen LogP contribution in [0.1, 0.15) is 26.7 Å². The zero-order chi connectivity index (χ0) is 13.8. The average molecular weight is 271 g/mol.